The van der Waals surface area contributed by atoms with Crippen molar-refractivity contribution in [2.45, 2.75) is 50.4 Å². The number of thiol groups is 1. The van der Waals surface area contributed by atoms with Gasteiger partial charge in [-0.3, -0.25) is 15.0 Å². The molecule has 1 heterocycles. The summed E-state index contributed by atoms with van der Waals surface area (Å²) < 4.78 is 5.37. The molecule has 33 heavy (non-hydrogen) atoms. The number of hydrazine groups is 1. The van der Waals surface area contributed by atoms with E-state index in [1.807, 2.05) is 49.4 Å². The summed E-state index contributed by atoms with van der Waals surface area (Å²) in [5.41, 5.74) is 10.1. The molecule has 3 N–H and O–H groups in total. The number of hydrogen-bond donors (Lipinski definition) is 3. The van der Waals surface area contributed by atoms with Gasteiger partial charge in [0.25, 0.3) is 11.8 Å². The number of amides is 3. The quantitative estimate of drug-likeness (QED) is 0.432. The molecule has 2 aromatic carbocycles. The maximum atomic E-state index is 12.7. The minimum absolute atomic E-state index is 0.338. The number of rotatable bonds is 6. The number of hydrogen-bond acceptors (Lipinski definition) is 4. The van der Waals surface area contributed by atoms with Gasteiger partial charge in [-0.15, -0.1) is 0 Å². The fraction of sp³-hybridized carbons (Fsp3) is 0.320. The third-order valence-corrected chi connectivity index (χ3v) is 7.52. The van der Waals surface area contributed by atoms with Gasteiger partial charge in [-0.25, -0.2) is 9.80 Å². The van der Waals surface area contributed by atoms with Crippen molar-refractivity contribution < 1.29 is 19.1 Å². The first-order valence-corrected chi connectivity index (χ1v) is 12.4. The van der Waals surface area contributed by atoms with E-state index in [1.165, 1.54) is 5.01 Å². The monoisotopic (exact) mass is 469 g/mol. The van der Waals surface area contributed by atoms with Crippen molar-refractivity contribution in [3.63, 3.8) is 0 Å². The van der Waals surface area contributed by atoms with Gasteiger partial charge in [-0.1, -0.05) is 37.3 Å². The molecule has 3 amide bonds. The van der Waals surface area contributed by atoms with Gasteiger partial charge in [0.05, 0.1) is 4.91 Å². The SMILES string of the molecule is CCCN(NC(=O)c1ccc(C[SH]2C(C(N)=O)=Cc3ccccc32)cc1)C(=O)OC(C)(C)C. The number of primary amides is 1. The number of carbonyl (C=O) groups is 3. The molecule has 0 saturated heterocycles. The molecule has 0 radical (unpaired) electrons. The van der Waals surface area contributed by atoms with Gasteiger partial charge in [0.2, 0.25) is 0 Å². The summed E-state index contributed by atoms with van der Waals surface area (Å²) >= 11 is 0. The smallest absolute Gasteiger partial charge is 0.429 e. The summed E-state index contributed by atoms with van der Waals surface area (Å²) in [5.74, 6) is -0.134. The molecule has 0 aromatic heterocycles. The van der Waals surface area contributed by atoms with E-state index in [-0.39, 0.29) is 0 Å². The normalized spacial score (nSPS) is 15.9. The molecule has 7 nitrogen and oxygen atoms in total. The van der Waals surface area contributed by atoms with Gasteiger partial charge >= 0.3 is 6.09 Å². The first-order valence-electron chi connectivity index (χ1n) is 10.9. The molecule has 2 aromatic rings. The van der Waals surface area contributed by atoms with E-state index in [1.54, 1.807) is 32.9 Å². The molecular formula is C25H31N3O4S. The van der Waals surface area contributed by atoms with Crippen molar-refractivity contribution in [3.05, 3.63) is 70.1 Å². The highest BCUT2D eigenvalue weighted by Gasteiger charge is 2.26. The highest BCUT2D eigenvalue weighted by molar-refractivity contribution is 8.21. The lowest BCUT2D eigenvalue weighted by atomic mass is 10.1. The van der Waals surface area contributed by atoms with Crippen LogP contribution in [0.3, 0.4) is 0 Å². The summed E-state index contributed by atoms with van der Waals surface area (Å²) in [7, 11) is -0.890. The van der Waals surface area contributed by atoms with Gasteiger partial charge in [0.15, 0.2) is 0 Å². The van der Waals surface area contributed by atoms with E-state index in [4.69, 9.17) is 10.5 Å². The molecule has 1 unspecified atom stereocenters. The van der Waals surface area contributed by atoms with Gasteiger partial charge < -0.3 is 10.5 Å². The third-order valence-electron chi connectivity index (χ3n) is 4.92. The molecule has 3 rings (SSSR count). The number of nitrogens with one attached hydrogen (secondary N) is 1. The van der Waals surface area contributed by atoms with Gasteiger partial charge in [-0.2, -0.15) is 10.9 Å². The fourth-order valence-electron chi connectivity index (χ4n) is 3.45. The number of ether oxygens (including phenoxy) is 1. The largest absolute Gasteiger partial charge is 0.442 e. The molecule has 0 saturated carbocycles. The van der Waals surface area contributed by atoms with Gasteiger partial charge in [-0.05, 0) is 67.5 Å². The Morgan fingerprint density at radius 2 is 1.73 bits per heavy atom. The zero-order valence-electron chi connectivity index (χ0n) is 19.4. The highest BCUT2D eigenvalue weighted by Crippen LogP contribution is 2.53. The standard InChI is InChI=1S/C25H31N3O4S/c1-5-14-28(24(31)32-25(2,3)4)27-23(30)18-12-10-17(11-13-18)16-33-20-9-7-6-8-19(20)15-21(33)22(26)29/h6-13,15,33H,5,14,16H2,1-4H3,(H2,26,29)(H,27,30). The lowest BCUT2D eigenvalue weighted by Gasteiger charge is -2.27. The van der Waals surface area contributed by atoms with E-state index < -0.39 is 34.4 Å². The number of benzene rings is 2. The van der Waals surface area contributed by atoms with Crippen LogP contribution in [-0.2, 0) is 15.3 Å². The van der Waals surface area contributed by atoms with Gasteiger partial charge in [0, 0.05) is 17.9 Å². The second kappa shape index (κ2) is 10.1. The predicted molar refractivity (Wildman–Crippen MR) is 132 cm³/mol. The van der Waals surface area contributed by atoms with E-state index in [0.29, 0.717) is 29.2 Å². The van der Waals surface area contributed by atoms with E-state index >= 15 is 0 Å². The Morgan fingerprint density at radius 3 is 2.33 bits per heavy atom. The Labute approximate surface area is 197 Å². The van der Waals surface area contributed by atoms with Crippen LogP contribution in [0, 0.1) is 0 Å². The van der Waals surface area contributed by atoms with Crippen LogP contribution in [-0.4, -0.2) is 35.1 Å². The topological polar surface area (TPSA) is 102 Å². The summed E-state index contributed by atoms with van der Waals surface area (Å²) in [6.45, 7) is 7.58. The summed E-state index contributed by atoms with van der Waals surface area (Å²) in [5, 5.41) is 1.20. The van der Waals surface area contributed by atoms with Crippen molar-refractivity contribution in [1.29, 1.82) is 0 Å². The van der Waals surface area contributed by atoms with Crippen LogP contribution in [0.5, 0.6) is 0 Å². The molecule has 1 aliphatic heterocycles. The van der Waals surface area contributed by atoms with Crippen LogP contribution in [0.25, 0.3) is 6.08 Å². The molecule has 0 spiro atoms. The van der Waals surface area contributed by atoms with Crippen LogP contribution in [0.4, 0.5) is 4.79 Å². The average Bonchev–Trinajstić information content (AvgIpc) is 3.11. The zero-order valence-corrected chi connectivity index (χ0v) is 20.3. The fourth-order valence-corrected chi connectivity index (χ4v) is 5.90. The summed E-state index contributed by atoms with van der Waals surface area (Å²) in [6.07, 6.45) is 1.95. The molecular weight excluding hydrogens is 438 g/mol. The second-order valence-electron chi connectivity index (χ2n) is 8.81. The minimum atomic E-state index is -0.890. The van der Waals surface area contributed by atoms with Crippen LogP contribution >= 0.6 is 10.9 Å². The van der Waals surface area contributed by atoms with Crippen molar-refractivity contribution in [2.24, 2.45) is 5.73 Å². The number of nitrogens with zero attached hydrogens (tertiary/aromatic N) is 1. The Hall–Kier alpha value is -3.26. The lowest BCUT2D eigenvalue weighted by molar-refractivity contribution is -0.113. The molecule has 8 heteroatoms. The summed E-state index contributed by atoms with van der Waals surface area (Å²) in [4.78, 5) is 38.9. The molecule has 1 aliphatic rings. The van der Waals surface area contributed by atoms with Crippen LogP contribution < -0.4 is 11.2 Å². The second-order valence-corrected chi connectivity index (χ2v) is 10.9. The van der Waals surface area contributed by atoms with Crippen molar-refractivity contribution in [2.75, 3.05) is 6.54 Å². The number of nitrogens with two attached hydrogens (primary N) is 1. The van der Waals surface area contributed by atoms with E-state index in [2.05, 4.69) is 5.43 Å². The molecule has 0 fully saturated rings. The highest BCUT2D eigenvalue weighted by atomic mass is 32.2. The van der Waals surface area contributed by atoms with Crippen molar-refractivity contribution >= 4 is 34.9 Å². The van der Waals surface area contributed by atoms with Crippen molar-refractivity contribution in [1.82, 2.24) is 10.4 Å². The van der Waals surface area contributed by atoms with Crippen LogP contribution in [0.2, 0.25) is 0 Å². The Bertz CT molecular complexity index is 1070. The van der Waals surface area contributed by atoms with Crippen LogP contribution in [0.15, 0.2) is 58.3 Å². The molecule has 1 atom stereocenters. The average molecular weight is 470 g/mol. The Kier molecular flexibility index (Phi) is 7.48. The summed E-state index contributed by atoms with van der Waals surface area (Å²) in [6, 6.07) is 15.1. The first kappa shape index (κ1) is 24.4. The minimum Gasteiger partial charge on any atom is -0.442 e. The van der Waals surface area contributed by atoms with E-state index in [0.717, 1.165) is 16.0 Å². The molecule has 0 aliphatic carbocycles. The molecule has 176 valence electrons. The van der Waals surface area contributed by atoms with Crippen molar-refractivity contribution in [3.8, 4) is 0 Å². The van der Waals surface area contributed by atoms with E-state index in [9.17, 15) is 14.4 Å². The number of fused-ring (bicyclic) bond motifs is 1. The zero-order chi connectivity index (χ0) is 24.2. The van der Waals surface area contributed by atoms with Gasteiger partial charge in [0.1, 0.15) is 5.60 Å². The predicted octanol–water partition coefficient (Wildman–Crippen LogP) is 4.38. The Morgan fingerprint density at radius 1 is 1.06 bits per heavy atom. The maximum absolute atomic E-state index is 12.7. The third kappa shape index (κ3) is 6.16. The molecule has 0 bridgehead atoms. The number of carbonyl (C=O) groups excluding carboxylic acids is 3. The Balaban J connectivity index is 1.70. The lowest BCUT2D eigenvalue weighted by Crippen LogP contribution is -2.48. The van der Waals surface area contributed by atoms with Crippen LogP contribution in [0.1, 0.15) is 55.6 Å². The first-order chi connectivity index (χ1) is 15.6. The maximum Gasteiger partial charge on any atom is 0.429 e.